The van der Waals surface area contributed by atoms with Gasteiger partial charge in [-0.05, 0) is 18.6 Å². The molecule has 0 spiro atoms. The van der Waals surface area contributed by atoms with Crippen LogP contribution < -0.4 is 11.5 Å². The molecule has 0 unspecified atom stereocenters. The first kappa shape index (κ1) is 9.69. The highest BCUT2D eigenvalue weighted by Gasteiger charge is 1.86. The lowest BCUT2D eigenvalue weighted by Crippen LogP contribution is -2.12. The SMILES string of the molecule is C/C(Cl)=C\C=C(CN)CN. The first-order chi connectivity index (χ1) is 4.70. The zero-order valence-electron chi connectivity index (χ0n) is 6.10. The predicted molar refractivity (Wildman–Crippen MR) is 45.8 cm³/mol. The maximum atomic E-state index is 5.57. The molecule has 0 aromatic carbocycles. The third-order valence-corrected chi connectivity index (χ3v) is 1.20. The number of rotatable bonds is 3. The quantitative estimate of drug-likeness (QED) is 0.605. The van der Waals surface area contributed by atoms with Crippen molar-refractivity contribution in [2.75, 3.05) is 13.1 Å². The van der Waals surface area contributed by atoms with Crippen molar-refractivity contribution >= 4 is 11.6 Å². The van der Waals surface area contributed by atoms with E-state index < -0.39 is 0 Å². The number of allylic oxidation sites excluding steroid dienone is 3. The third-order valence-electron chi connectivity index (χ3n) is 1.07. The molecule has 4 N–H and O–H groups in total. The van der Waals surface area contributed by atoms with Crippen molar-refractivity contribution in [3.05, 3.63) is 22.8 Å². The molecule has 0 aliphatic rings. The lowest BCUT2D eigenvalue weighted by atomic mass is 10.2. The molecule has 0 aromatic heterocycles. The molecule has 0 bridgehead atoms. The molecule has 0 atom stereocenters. The Morgan fingerprint density at radius 2 is 1.80 bits per heavy atom. The Labute approximate surface area is 66.5 Å². The largest absolute Gasteiger partial charge is 0.327 e. The molecule has 0 amide bonds. The van der Waals surface area contributed by atoms with Crippen molar-refractivity contribution in [2.45, 2.75) is 6.92 Å². The van der Waals surface area contributed by atoms with Gasteiger partial charge in [0.15, 0.2) is 0 Å². The third kappa shape index (κ3) is 4.56. The second-order valence-corrected chi connectivity index (χ2v) is 2.58. The lowest BCUT2D eigenvalue weighted by Gasteiger charge is -1.95. The summed E-state index contributed by atoms with van der Waals surface area (Å²) in [7, 11) is 0. The van der Waals surface area contributed by atoms with Crippen LogP contribution in [0.4, 0.5) is 0 Å². The molecule has 0 saturated carbocycles. The Kier molecular flexibility index (Phi) is 5.30. The summed E-state index contributed by atoms with van der Waals surface area (Å²) in [4.78, 5) is 0. The van der Waals surface area contributed by atoms with E-state index in [2.05, 4.69) is 0 Å². The van der Waals surface area contributed by atoms with Gasteiger partial charge in [0.05, 0.1) is 0 Å². The number of halogens is 1. The van der Waals surface area contributed by atoms with Crippen molar-refractivity contribution in [2.24, 2.45) is 11.5 Å². The first-order valence-electron chi connectivity index (χ1n) is 3.12. The van der Waals surface area contributed by atoms with E-state index in [-0.39, 0.29) is 0 Å². The fraction of sp³-hybridized carbons (Fsp3) is 0.429. The topological polar surface area (TPSA) is 52.0 Å². The van der Waals surface area contributed by atoms with Gasteiger partial charge in [-0.1, -0.05) is 17.7 Å². The number of hydrogen-bond donors (Lipinski definition) is 2. The summed E-state index contributed by atoms with van der Waals surface area (Å²) in [6.07, 6.45) is 3.64. The highest BCUT2D eigenvalue weighted by Crippen LogP contribution is 1.99. The Hall–Kier alpha value is -0.310. The molecule has 0 aliphatic heterocycles. The van der Waals surface area contributed by atoms with E-state index in [4.69, 9.17) is 23.1 Å². The maximum absolute atomic E-state index is 5.57. The molecule has 0 radical (unpaired) electrons. The minimum absolute atomic E-state index is 0.497. The van der Waals surface area contributed by atoms with Crippen LogP contribution in [0.25, 0.3) is 0 Å². The van der Waals surface area contributed by atoms with Crippen molar-refractivity contribution in [1.82, 2.24) is 0 Å². The summed E-state index contributed by atoms with van der Waals surface area (Å²) < 4.78 is 0. The van der Waals surface area contributed by atoms with Crippen LogP contribution in [0.3, 0.4) is 0 Å². The molecule has 3 heteroatoms. The van der Waals surface area contributed by atoms with Gasteiger partial charge in [0, 0.05) is 18.1 Å². The molecule has 0 aliphatic carbocycles. The molecule has 0 fully saturated rings. The summed E-state index contributed by atoms with van der Waals surface area (Å²) in [6, 6.07) is 0. The second-order valence-electron chi connectivity index (χ2n) is 1.99. The second kappa shape index (κ2) is 5.47. The van der Waals surface area contributed by atoms with E-state index in [1.807, 2.05) is 13.0 Å². The fourth-order valence-corrected chi connectivity index (χ4v) is 0.515. The monoisotopic (exact) mass is 160 g/mol. The van der Waals surface area contributed by atoms with Gasteiger partial charge >= 0.3 is 0 Å². The zero-order valence-corrected chi connectivity index (χ0v) is 6.86. The summed E-state index contributed by atoms with van der Waals surface area (Å²) in [6.45, 7) is 2.80. The highest BCUT2D eigenvalue weighted by atomic mass is 35.5. The van der Waals surface area contributed by atoms with E-state index in [0.717, 1.165) is 10.6 Å². The van der Waals surface area contributed by atoms with Gasteiger partial charge in [0.1, 0.15) is 0 Å². The molecular formula is C7H13ClN2. The van der Waals surface area contributed by atoms with E-state index in [1.165, 1.54) is 0 Å². The Bertz CT molecular complexity index is 140. The first-order valence-corrected chi connectivity index (χ1v) is 3.50. The van der Waals surface area contributed by atoms with E-state index >= 15 is 0 Å². The van der Waals surface area contributed by atoms with Crippen LogP contribution in [-0.2, 0) is 0 Å². The van der Waals surface area contributed by atoms with E-state index in [0.29, 0.717) is 13.1 Å². The van der Waals surface area contributed by atoms with E-state index in [1.54, 1.807) is 6.08 Å². The van der Waals surface area contributed by atoms with Crippen LogP contribution in [0.15, 0.2) is 22.8 Å². The standard InChI is InChI=1S/C7H13ClN2/c1-6(8)2-3-7(4-9)5-10/h2-3H,4-5,9-10H2,1H3/b6-2+. The summed E-state index contributed by atoms with van der Waals surface area (Å²) in [5.41, 5.74) is 11.7. The summed E-state index contributed by atoms with van der Waals surface area (Å²) in [5.74, 6) is 0. The van der Waals surface area contributed by atoms with E-state index in [9.17, 15) is 0 Å². The average Bonchev–Trinajstić information content (AvgIpc) is 1.90. The highest BCUT2D eigenvalue weighted by molar-refractivity contribution is 6.29. The molecule has 0 rings (SSSR count). The minimum Gasteiger partial charge on any atom is -0.327 e. The maximum Gasteiger partial charge on any atom is 0.0152 e. The molecular weight excluding hydrogens is 148 g/mol. The Balaban J connectivity index is 3.99. The Morgan fingerprint density at radius 3 is 2.10 bits per heavy atom. The van der Waals surface area contributed by atoms with Crippen molar-refractivity contribution in [3.63, 3.8) is 0 Å². The normalized spacial score (nSPS) is 11.4. The molecule has 10 heavy (non-hydrogen) atoms. The van der Waals surface area contributed by atoms with Crippen LogP contribution >= 0.6 is 11.6 Å². The molecule has 2 nitrogen and oxygen atoms in total. The fourth-order valence-electron chi connectivity index (χ4n) is 0.452. The van der Waals surface area contributed by atoms with Crippen LogP contribution in [0.5, 0.6) is 0 Å². The van der Waals surface area contributed by atoms with Crippen molar-refractivity contribution < 1.29 is 0 Å². The summed E-state index contributed by atoms with van der Waals surface area (Å²) >= 11 is 5.57. The van der Waals surface area contributed by atoms with Gasteiger partial charge in [-0.25, -0.2) is 0 Å². The van der Waals surface area contributed by atoms with Crippen LogP contribution in [0.1, 0.15) is 6.92 Å². The van der Waals surface area contributed by atoms with Crippen LogP contribution in [-0.4, -0.2) is 13.1 Å². The smallest absolute Gasteiger partial charge is 0.0152 e. The van der Waals surface area contributed by atoms with Gasteiger partial charge in [0.2, 0.25) is 0 Å². The van der Waals surface area contributed by atoms with Crippen LogP contribution in [0, 0.1) is 0 Å². The number of nitrogens with two attached hydrogens (primary N) is 2. The minimum atomic E-state index is 0.497. The molecule has 0 saturated heterocycles. The van der Waals surface area contributed by atoms with Gasteiger partial charge in [0.25, 0.3) is 0 Å². The van der Waals surface area contributed by atoms with Crippen molar-refractivity contribution in [3.8, 4) is 0 Å². The zero-order chi connectivity index (χ0) is 7.98. The van der Waals surface area contributed by atoms with Gasteiger partial charge < -0.3 is 11.5 Å². The summed E-state index contributed by atoms with van der Waals surface area (Å²) in [5, 5.41) is 0.736. The van der Waals surface area contributed by atoms with Gasteiger partial charge in [-0.15, -0.1) is 0 Å². The Morgan fingerprint density at radius 1 is 1.30 bits per heavy atom. The predicted octanol–water partition coefficient (Wildman–Crippen LogP) is 0.973. The van der Waals surface area contributed by atoms with Gasteiger partial charge in [-0.2, -0.15) is 0 Å². The lowest BCUT2D eigenvalue weighted by molar-refractivity contribution is 1.04. The number of hydrogen-bond acceptors (Lipinski definition) is 2. The van der Waals surface area contributed by atoms with Crippen molar-refractivity contribution in [1.29, 1.82) is 0 Å². The van der Waals surface area contributed by atoms with Crippen LogP contribution in [0.2, 0.25) is 0 Å². The average molecular weight is 161 g/mol. The molecule has 0 aromatic rings. The van der Waals surface area contributed by atoms with Gasteiger partial charge in [-0.3, -0.25) is 0 Å². The molecule has 58 valence electrons. The molecule has 0 heterocycles.